The van der Waals surface area contributed by atoms with Crippen LogP contribution in [-0.4, -0.2) is 38.2 Å². The molecule has 0 saturated carbocycles. The molecule has 0 aliphatic rings. The van der Waals surface area contributed by atoms with E-state index < -0.39 is 13.5 Å². The maximum absolute atomic E-state index is 10.1. The standard InChI is InChI=1S/C4H9O2P.5C2H5O.O.3Ti/c1-4(2,3)7(5)6;5*1-2-3;;;;/h1-3H3;5*2H2,1H3;;;;/q-2;5*-1;-2;3*+3. The zero-order valence-electron chi connectivity index (χ0n) is 17.2. The molecule has 0 unspecified atom stereocenters. The molecule has 8 nitrogen and oxygen atoms in total. The number of hydrogen-bond acceptors (Lipinski definition) is 7. The van der Waals surface area contributed by atoms with Crippen molar-refractivity contribution in [2.24, 2.45) is 0 Å². The van der Waals surface area contributed by atoms with Gasteiger partial charge in [0, 0.05) is 0 Å². The van der Waals surface area contributed by atoms with Gasteiger partial charge in [-0.3, -0.25) is 0 Å². The third kappa shape index (κ3) is 246. The largest absolute Gasteiger partial charge is 3.00 e. The summed E-state index contributed by atoms with van der Waals surface area (Å²) in [6.45, 7) is 12.8. The Kier molecular flexibility index (Phi) is 172. The topological polar surface area (TPSA) is 190 Å². The van der Waals surface area contributed by atoms with Gasteiger partial charge in [-0.2, -0.15) is 0 Å². The van der Waals surface area contributed by atoms with Crippen LogP contribution in [0.2, 0.25) is 0 Å². The molecule has 0 saturated heterocycles. The van der Waals surface area contributed by atoms with E-state index in [1.54, 1.807) is 55.4 Å². The van der Waals surface area contributed by atoms with Crippen LogP contribution in [0.5, 0.6) is 0 Å². The van der Waals surface area contributed by atoms with Crippen molar-refractivity contribution in [3.05, 3.63) is 0 Å². The maximum Gasteiger partial charge on any atom is 3.00 e. The van der Waals surface area contributed by atoms with Gasteiger partial charge >= 0.3 is 65.2 Å². The van der Waals surface area contributed by atoms with Crippen molar-refractivity contribution < 1.29 is 106 Å². The third-order valence-corrected chi connectivity index (χ3v) is 1.64. The van der Waals surface area contributed by atoms with Crippen LogP contribution in [0.4, 0.5) is 0 Å². The van der Waals surface area contributed by atoms with Gasteiger partial charge in [-0.15, -0.1) is 33.0 Å². The molecule has 0 bridgehead atoms. The molecule has 155 valence electrons. The molecule has 12 heteroatoms. The minimum Gasteiger partial charge on any atom is -2.00 e. The molecule has 0 N–H and O–H groups in total. The minimum absolute atomic E-state index is 0. The molecular formula is C14H34O8PTi3. The summed E-state index contributed by atoms with van der Waals surface area (Å²) in [4.78, 5) is 20.1. The zero-order chi connectivity index (χ0) is 19.6. The summed E-state index contributed by atoms with van der Waals surface area (Å²) in [5.41, 5.74) is 0. The van der Waals surface area contributed by atoms with Crippen LogP contribution in [0.25, 0.3) is 0 Å². The molecule has 0 aromatic carbocycles. The average molecular weight is 505 g/mol. The van der Waals surface area contributed by atoms with E-state index in [4.69, 9.17) is 25.5 Å². The van der Waals surface area contributed by atoms with Crippen LogP contribution in [0.1, 0.15) is 55.4 Å². The average Bonchev–Trinajstić information content (AvgIpc) is 2.32. The molecule has 0 fully saturated rings. The molecule has 0 heterocycles. The fraction of sp³-hybridized carbons (Fsp3) is 1.00. The molecule has 0 aromatic heterocycles. The second-order valence-corrected chi connectivity index (χ2v) is 5.73. The van der Waals surface area contributed by atoms with Crippen molar-refractivity contribution in [3.63, 3.8) is 0 Å². The SMILES string of the molecule is CC(C)(C)P([O-])[O-].CC[O-].CC[O-].CC[O-].CC[O-].CC[O-].[O-2].[Ti+3].[Ti+3].[Ti+3]. The Bertz CT molecular complexity index is 124. The van der Waals surface area contributed by atoms with E-state index in [9.17, 15) is 9.79 Å². The fourth-order valence-electron chi connectivity index (χ4n) is 0. The van der Waals surface area contributed by atoms with Crippen molar-refractivity contribution in [2.45, 2.75) is 60.5 Å². The van der Waals surface area contributed by atoms with Crippen LogP contribution in [0.15, 0.2) is 0 Å². The maximum atomic E-state index is 10.1. The van der Waals surface area contributed by atoms with Crippen molar-refractivity contribution >= 4 is 8.38 Å². The molecule has 0 spiro atoms. The molecule has 0 amide bonds. The predicted molar refractivity (Wildman–Crippen MR) is 80.1 cm³/mol. The van der Waals surface area contributed by atoms with Gasteiger partial charge < -0.3 is 49.2 Å². The van der Waals surface area contributed by atoms with E-state index in [1.165, 1.54) is 0 Å². The van der Waals surface area contributed by atoms with Crippen LogP contribution >= 0.6 is 8.38 Å². The molecular weight excluding hydrogens is 471 g/mol. The predicted octanol–water partition coefficient (Wildman–Crippen LogP) is -3.48. The van der Waals surface area contributed by atoms with E-state index in [0.717, 1.165) is 0 Å². The molecule has 3 radical (unpaired) electrons. The normalized spacial score (nSPS) is 6.92. The Morgan fingerprint density at radius 2 is 0.577 bits per heavy atom. The molecule has 26 heavy (non-hydrogen) atoms. The summed E-state index contributed by atoms with van der Waals surface area (Å²) in [6.07, 6.45) is 0. The smallest absolute Gasteiger partial charge is 2.00 e. The summed E-state index contributed by atoms with van der Waals surface area (Å²) in [5, 5.41) is 44.1. The summed E-state index contributed by atoms with van der Waals surface area (Å²) in [7, 11) is -2.24. The first kappa shape index (κ1) is 63.0. The van der Waals surface area contributed by atoms with Gasteiger partial charge in [-0.25, -0.2) is 0 Å². The van der Waals surface area contributed by atoms with E-state index in [0.29, 0.717) is 0 Å². The zero-order valence-corrected chi connectivity index (χ0v) is 22.8. The molecule has 0 atom stereocenters. The van der Waals surface area contributed by atoms with Gasteiger partial charge in [0.05, 0.1) is 0 Å². The Balaban J connectivity index is -0.0000000150. The summed E-state index contributed by atoms with van der Waals surface area (Å²) < 4.78 is 0. The first-order chi connectivity index (χ1) is 10.0. The fourth-order valence-corrected chi connectivity index (χ4v) is 0. The van der Waals surface area contributed by atoms with Crippen LogP contribution in [-0.2, 0) is 70.6 Å². The number of hydrogen-bond donors (Lipinski definition) is 0. The van der Waals surface area contributed by atoms with E-state index in [2.05, 4.69) is 0 Å². The second kappa shape index (κ2) is 71.1. The van der Waals surface area contributed by atoms with Gasteiger partial charge in [0.15, 0.2) is 0 Å². The minimum atomic E-state index is -2.24. The van der Waals surface area contributed by atoms with Crippen molar-refractivity contribution in [2.75, 3.05) is 33.0 Å². The Morgan fingerprint density at radius 3 is 0.577 bits per heavy atom. The van der Waals surface area contributed by atoms with Gasteiger partial charge in [-0.05, 0) is 5.16 Å². The molecule has 0 aliphatic carbocycles. The first-order valence-electron chi connectivity index (χ1n) is 7.07. The second-order valence-electron chi connectivity index (χ2n) is 3.87. The molecule has 0 rings (SSSR count). The first-order valence-corrected chi connectivity index (χ1v) is 8.25. The van der Waals surface area contributed by atoms with Crippen LogP contribution in [0, 0.1) is 0 Å². The van der Waals surface area contributed by atoms with E-state index in [-0.39, 0.29) is 104 Å². The monoisotopic (exact) mass is 505 g/mol. The van der Waals surface area contributed by atoms with Crippen molar-refractivity contribution in [3.8, 4) is 0 Å². The summed E-state index contributed by atoms with van der Waals surface area (Å²) >= 11 is 0. The van der Waals surface area contributed by atoms with Gasteiger partial charge in [-0.1, -0.05) is 55.4 Å². The van der Waals surface area contributed by atoms with Crippen molar-refractivity contribution in [1.29, 1.82) is 0 Å². The van der Waals surface area contributed by atoms with Gasteiger partial charge in [0.25, 0.3) is 0 Å². The van der Waals surface area contributed by atoms with Crippen molar-refractivity contribution in [1.82, 2.24) is 0 Å². The quantitative estimate of drug-likeness (QED) is 0.241. The van der Waals surface area contributed by atoms with Gasteiger partial charge in [0.2, 0.25) is 0 Å². The van der Waals surface area contributed by atoms with Crippen LogP contribution in [0.3, 0.4) is 0 Å². The van der Waals surface area contributed by atoms with E-state index in [1.807, 2.05) is 0 Å². The number of rotatable bonds is 0. The Labute approximate surface area is 206 Å². The van der Waals surface area contributed by atoms with E-state index >= 15 is 0 Å². The Morgan fingerprint density at radius 1 is 0.538 bits per heavy atom. The molecule has 0 aliphatic heterocycles. The Hall–Kier alpha value is 2.25. The van der Waals surface area contributed by atoms with Gasteiger partial charge in [0.1, 0.15) is 0 Å². The molecule has 0 aromatic rings. The summed E-state index contributed by atoms with van der Waals surface area (Å²) in [6, 6.07) is 0. The third-order valence-electron chi connectivity index (χ3n) is 0.548. The summed E-state index contributed by atoms with van der Waals surface area (Å²) in [5.74, 6) is 0. The van der Waals surface area contributed by atoms with Crippen LogP contribution < -0.4 is 35.3 Å².